The van der Waals surface area contributed by atoms with Crippen molar-refractivity contribution < 1.29 is 28.5 Å². The zero-order chi connectivity index (χ0) is 22.7. The number of ketones is 1. The molecule has 0 bridgehead atoms. The number of carbonyl (C=O) groups excluding carboxylic acids is 1. The third-order valence-corrected chi connectivity index (χ3v) is 5.54. The van der Waals surface area contributed by atoms with Gasteiger partial charge in [-0.25, -0.2) is 0 Å². The average Bonchev–Trinajstić information content (AvgIpc) is 2.78. The van der Waals surface area contributed by atoms with Gasteiger partial charge in [-0.1, -0.05) is 6.08 Å². The maximum Gasteiger partial charge on any atom is 0.189 e. The molecule has 7 nitrogen and oxygen atoms in total. The zero-order valence-electron chi connectivity index (χ0n) is 18.9. The van der Waals surface area contributed by atoms with Crippen molar-refractivity contribution in [3.63, 3.8) is 0 Å². The Morgan fingerprint density at radius 2 is 2.00 bits per heavy atom. The largest absolute Gasteiger partial charge is 0.492 e. The molecule has 2 aliphatic rings. The number of fused-ring (bicyclic) bond motifs is 2. The van der Waals surface area contributed by atoms with E-state index in [0.717, 1.165) is 16.8 Å². The van der Waals surface area contributed by atoms with Crippen LogP contribution < -0.4 is 19.5 Å². The Bertz CT molecular complexity index is 1030. The Balaban J connectivity index is 1.66. The second-order valence-corrected chi connectivity index (χ2v) is 8.32. The van der Waals surface area contributed by atoms with E-state index in [1.807, 2.05) is 57.3 Å². The van der Waals surface area contributed by atoms with E-state index >= 15 is 0 Å². The number of Topliss-reactive ketones (excluding diaryl/α,β-unsaturated/α-hetero) is 1. The number of ether oxygens (including phenoxy) is 5. The van der Waals surface area contributed by atoms with E-state index in [2.05, 4.69) is 5.32 Å². The normalized spacial score (nSPS) is 18.2. The van der Waals surface area contributed by atoms with Gasteiger partial charge in [-0.05, 0) is 38.1 Å². The summed E-state index contributed by atoms with van der Waals surface area (Å²) in [6.07, 6.45) is 4.02. The molecule has 32 heavy (non-hydrogen) atoms. The van der Waals surface area contributed by atoms with Crippen molar-refractivity contribution in [1.82, 2.24) is 0 Å². The lowest BCUT2D eigenvalue weighted by atomic mass is 9.86. The van der Waals surface area contributed by atoms with Crippen LogP contribution in [0.15, 0.2) is 36.4 Å². The van der Waals surface area contributed by atoms with Crippen molar-refractivity contribution in [2.75, 3.05) is 46.1 Å². The topological polar surface area (TPSA) is 75.2 Å². The van der Waals surface area contributed by atoms with Crippen molar-refractivity contribution in [3.05, 3.63) is 53.1 Å². The highest BCUT2D eigenvalue weighted by molar-refractivity contribution is 6.05. The quantitative estimate of drug-likeness (QED) is 0.486. The molecule has 0 fully saturated rings. The zero-order valence-corrected chi connectivity index (χ0v) is 18.9. The Kier molecular flexibility index (Phi) is 6.39. The van der Waals surface area contributed by atoms with Crippen molar-refractivity contribution in [3.8, 4) is 17.2 Å². The number of benzene rings is 2. The second-order valence-electron chi connectivity index (χ2n) is 8.32. The molecule has 2 aliphatic heterocycles. The van der Waals surface area contributed by atoms with Gasteiger partial charge in [0.1, 0.15) is 29.5 Å². The molecule has 4 rings (SSSR count). The van der Waals surface area contributed by atoms with Gasteiger partial charge in [0.15, 0.2) is 12.6 Å². The molecule has 0 aliphatic carbocycles. The first kappa shape index (κ1) is 22.2. The van der Waals surface area contributed by atoms with Crippen LogP contribution in [0.25, 0.3) is 6.08 Å². The first-order chi connectivity index (χ1) is 15.4. The number of hydrogen-bond donors (Lipinski definition) is 1. The number of nitrogens with one attached hydrogen (secondary N) is 1. The van der Waals surface area contributed by atoms with Crippen LogP contribution in [0.1, 0.15) is 41.3 Å². The van der Waals surface area contributed by atoms with Gasteiger partial charge in [-0.3, -0.25) is 4.79 Å². The molecule has 2 heterocycles. The molecule has 0 saturated heterocycles. The van der Waals surface area contributed by atoms with E-state index in [-0.39, 0.29) is 19.2 Å². The smallest absolute Gasteiger partial charge is 0.189 e. The minimum atomic E-state index is -0.495. The summed E-state index contributed by atoms with van der Waals surface area (Å²) in [5, 5.41) is 3.07. The van der Waals surface area contributed by atoms with Crippen LogP contribution in [-0.4, -0.2) is 52.2 Å². The molecule has 1 atom stereocenters. The van der Waals surface area contributed by atoms with Gasteiger partial charge >= 0.3 is 0 Å². The van der Waals surface area contributed by atoms with Gasteiger partial charge in [0.25, 0.3) is 0 Å². The summed E-state index contributed by atoms with van der Waals surface area (Å²) in [7, 11) is 3.45. The predicted molar refractivity (Wildman–Crippen MR) is 122 cm³/mol. The molecular weight excluding hydrogens is 410 g/mol. The minimum absolute atomic E-state index is 0.0000386. The van der Waals surface area contributed by atoms with Gasteiger partial charge in [0.05, 0.1) is 24.7 Å². The van der Waals surface area contributed by atoms with Gasteiger partial charge in [-0.15, -0.1) is 0 Å². The number of methoxy groups -OCH3 is 1. The van der Waals surface area contributed by atoms with Crippen molar-refractivity contribution in [2.45, 2.75) is 25.4 Å². The molecule has 2 aromatic rings. The van der Waals surface area contributed by atoms with Crippen LogP contribution in [0.3, 0.4) is 0 Å². The van der Waals surface area contributed by atoms with Crippen LogP contribution in [0.5, 0.6) is 17.2 Å². The molecule has 0 amide bonds. The van der Waals surface area contributed by atoms with E-state index in [0.29, 0.717) is 36.0 Å². The van der Waals surface area contributed by atoms with Gasteiger partial charge < -0.3 is 29.0 Å². The lowest BCUT2D eigenvalue weighted by Gasteiger charge is -2.30. The number of rotatable bonds is 8. The summed E-state index contributed by atoms with van der Waals surface area (Å²) >= 11 is 0. The minimum Gasteiger partial charge on any atom is -0.492 e. The Hall–Kier alpha value is -3.03. The summed E-state index contributed by atoms with van der Waals surface area (Å²) in [5.41, 5.74) is 2.68. The Morgan fingerprint density at radius 1 is 1.16 bits per heavy atom. The van der Waals surface area contributed by atoms with Crippen LogP contribution in [-0.2, 0) is 9.47 Å². The van der Waals surface area contributed by atoms with Crippen molar-refractivity contribution in [2.24, 2.45) is 0 Å². The molecule has 0 saturated carbocycles. The SMILES string of the molecule is CNc1ccc2c(c1)OCC(c1cc3c(cc1OCOCCOC)OC(C)(C)C=C3)C2=O. The molecular formula is C25H29NO6. The summed E-state index contributed by atoms with van der Waals surface area (Å²) in [6, 6.07) is 9.30. The fourth-order valence-electron chi connectivity index (χ4n) is 3.79. The highest BCUT2D eigenvalue weighted by Gasteiger charge is 2.34. The molecule has 7 heteroatoms. The fraction of sp³-hybridized carbons (Fsp3) is 0.400. The van der Waals surface area contributed by atoms with Crippen LogP contribution in [0, 0.1) is 0 Å². The summed E-state index contributed by atoms with van der Waals surface area (Å²) in [5.74, 6) is 1.35. The standard InChI is InChI=1S/C25H29NO6/c1-25(2)8-7-16-11-19(23(13-21(16)32-25)31-15-29-10-9-28-4)20-14-30-22-12-17(26-3)5-6-18(22)24(20)27/h5-8,11-13,20,26H,9-10,14-15H2,1-4H3. The molecule has 0 aromatic heterocycles. The van der Waals surface area contributed by atoms with Gasteiger partial charge in [-0.2, -0.15) is 0 Å². The first-order valence-electron chi connectivity index (χ1n) is 10.7. The van der Waals surface area contributed by atoms with Gasteiger partial charge in [0.2, 0.25) is 0 Å². The highest BCUT2D eigenvalue weighted by Crippen LogP contribution is 2.42. The average molecular weight is 440 g/mol. The van der Waals surface area contributed by atoms with E-state index in [4.69, 9.17) is 23.7 Å². The van der Waals surface area contributed by atoms with E-state index in [1.54, 1.807) is 13.2 Å². The van der Waals surface area contributed by atoms with E-state index < -0.39 is 11.5 Å². The lowest BCUT2D eigenvalue weighted by molar-refractivity contribution is -0.00927. The van der Waals surface area contributed by atoms with Crippen LogP contribution in [0.2, 0.25) is 0 Å². The summed E-state index contributed by atoms with van der Waals surface area (Å²) in [6.45, 7) is 5.14. The highest BCUT2D eigenvalue weighted by atomic mass is 16.7. The first-order valence-corrected chi connectivity index (χ1v) is 10.7. The molecule has 0 spiro atoms. The maximum atomic E-state index is 13.4. The number of hydrogen-bond acceptors (Lipinski definition) is 7. The third-order valence-electron chi connectivity index (χ3n) is 5.54. The van der Waals surface area contributed by atoms with Crippen molar-refractivity contribution >= 4 is 17.5 Å². The number of carbonyl (C=O) groups is 1. The van der Waals surface area contributed by atoms with E-state index in [1.165, 1.54) is 0 Å². The fourth-order valence-corrected chi connectivity index (χ4v) is 3.79. The second kappa shape index (κ2) is 9.22. The molecule has 0 radical (unpaired) electrons. The number of anilines is 1. The Labute approximate surface area is 188 Å². The third kappa shape index (κ3) is 4.59. The van der Waals surface area contributed by atoms with Crippen LogP contribution in [0.4, 0.5) is 5.69 Å². The van der Waals surface area contributed by atoms with E-state index in [9.17, 15) is 4.79 Å². The molecule has 2 aromatic carbocycles. The van der Waals surface area contributed by atoms with Crippen molar-refractivity contribution in [1.29, 1.82) is 0 Å². The monoisotopic (exact) mass is 439 g/mol. The lowest BCUT2D eigenvalue weighted by Crippen LogP contribution is -2.29. The molecule has 1 unspecified atom stereocenters. The maximum absolute atomic E-state index is 13.4. The molecule has 170 valence electrons. The summed E-state index contributed by atoms with van der Waals surface area (Å²) < 4.78 is 28.5. The van der Waals surface area contributed by atoms with Gasteiger partial charge in [0, 0.05) is 43.1 Å². The predicted octanol–water partition coefficient (Wildman–Crippen LogP) is 4.27. The Morgan fingerprint density at radius 3 is 2.78 bits per heavy atom. The summed E-state index contributed by atoms with van der Waals surface area (Å²) in [4.78, 5) is 13.4. The van der Waals surface area contributed by atoms with Crippen LogP contribution >= 0.6 is 0 Å². The molecule has 1 N–H and O–H groups in total.